The molecule has 20 heavy (non-hydrogen) atoms. The van der Waals surface area contributed by atoms with Crippen LogP contribution in [-0.4, -0.2) is 29.0 Å². The molecular weight excluding hydrogens is 262 g/mol. The SMILES string of the molecule is CN(C)c1ccc2[nH]c(-c3cc(F)cc(F)c3)nc2n1. The maximum absolute atomic E-state index is 13.2. The Morgan fingerprint density at radius 3 is 2.35 bits per heavy atom. The molecule has 102 valence electrons. The summed E-state index contributed by atoms with van der Waals surface area (Å²) in [6.45, 7) is 0. The van der Waals surface area contributed by atoms with E-state index in [1.165, 1.54) is 12.1 Å². The molecule has 0 bridgehead atoms. The number of hydrogen-bond donors (Lipinski definition) is 1. The van der Waals surface area contributed by atoms with Crippen molar-refractivity contribution in [1.29, 1.82) is 0 Å². The largest absolute Gasteiger partial charge is 0.363 e. The van der Waals surface area contributed by atoms with Gasteiger partial charge in [-0.25, -0.2) is 18.7 Å². The summed E-state index contributed by atoms with van der Waals surface area (Å²) in [5.74, 6) is -0.118. The lowest BCUT2D eigenvalue weighted by Crippen LogP contribution is -2.10. The third kappa shape index (κ3) is 2.20. The molecule has 1 aromatic carbocycles. The fourth-order valence-corrected chi connectivity index (χ4v) is 1.96. The molecular formula is C14H12F2N4. The van der Waals surface area contributed by atoms with Crippen molar-refractivity contribution in [2.24, 2.45) is 0 Å². The minimum Gasteiger partial charge on any atom is -0.363 e. The molecule has 0 saturated carbocycles. The smallest absolute Gasteiger partial charge is 0.180 e. The lowest BCUT2D eigenvalue weighted by molar-refractivity contribution is 0.584. The van der Waals surface area contributed by atoms with Gasteiger partial charge < -0.3 is 9.88 Å². The molecule has 4 nitrogen and oxygen atoms in total. The third-order valence-corrected chi connectivity index (χ3v) is 2.93. The first-order valence-electron chi connectivity index (χ1n) is 6.03. The van der Waals surface area contributed by atoms with Crippen LogP contribution < -0.4 is 4.90 Å². The molecule has 2 aromatic heterocycles. The van der Waals surface area contributed by atoms with Crippen molar-refractivity contribution in [1.82, 2.24) is 15.0 Å². The highest BCUT2D eigenvalue weighted by atomic mass is 19.1. The van der Waals surface area contributed by atoms with E-state index in [1.807, 2.05) is 31.1 Å². The normalized spacial score (nSPS) is 11.0. The van der Waals surface area contributed by atoms with Gasteiger partial charge >= 0.3 is 0 Å². The maximum Gasteiger partial charge on any atom is 0.180 e. The average Bonchev–Trinajstić information content (AvgIpc) is 2.80. The molecule has 0 radical (unpaired) electrons. The zero-order valence-electron chi connectivity index (χ0n) is 11.0. The Bertz CT molecular complexity index is 760. The zero-order valence-corrected chi connectivity index (χ0v) is 11.0. The summed E-state index contributed by atoms with van der Waals surface area (Å²) in [5.41, 5.74) is 1.58. The molecule has 0 spiro atoms. The van der Waals surface area contributed by atoms with E-state index in [4.69, 9.17) is 0 Å². The van der Waals surface area contributed by atoms with Gasteiger partial charge in [-0.1, -0.05) is 0 Å². The number of H-pyrrole nitrogens is 1. The summed E-state index contributed by atoms with van der Waals surface area (Å²) in [6.07, 6.45) is 0. The summed E-state index contributed by atoms with van der Waals surface area (Å²) >= 11 is 0. The first kappa shape index (κ1) is 12.5. The molecule has 0 aliphatic heterocycles. The van der Waals surface area contributed by atoms with Gasteiger partial charge in [0.25, 0.3) is 0 Å². The standard InChI is InChI=1S/C14H12F2N4/c1-20(2)12-4-3-11-14(18-12)19-13(17-11)8-5-9(15)7-10(16)6-8/h3-7H,1-2H3,(H,17,18,19). The van der Waals surface area contributed by atoms with E-state index in [9.17, 15) is 8.78 Å². The first-order valence-corrected chi connectivity index (χ1v) is 6.03. The lowest BCUT2D eigenvalue weighted by atomic mass is 10.2. The van der Waals surface area contributed by atoms with Gasteiger partial charge in [-0.2, -0.15) is 0 Å². The van der Waals surface area contributed by atoms with Crippen LogP contribution in [0.3, 0.4) is 0 Å². The Morgan fingerprint density at radius 1 is 1.00 bits per heavy atom. The summed E-state index contributed by atoms with van der Waals surface area (Å²) in [4.78, 5) is 13.5. The monoisotopic (exact) mass is 274 g/mol. The number of benzene rings is 1. The number of nitrogens with zero attached hydrogens (tertiary/aromatic N) is 3. The van der Waals surface area contributed by atoms with E-state index in [1.54, 1.807) is 0 Å². The molecule has 0 aliphatic rings. The van der Waals surface area contributed by atoms with Crippen LogP contribution >= 0.6 is 0 Å². The third-order valence-electron chi connectivity index (χ3n) is 2.93. The van der Waals surface area contributed by atoms with E-state index in [0.29, 0.717) is 17.0 Å². The quantitative estimate of drug-likeness (QED) is 0.781. The maximum atomic E-state index is 13.2. The van der Waals surface area contributed by atoms with Crippen LogP contribution in [0.2, 0.25) is 0 Å². The Morgan fingerprint density at radius 2 is 1.70 bits per heavy atom. The Hall–Kier alpha value is -2.50. The number of nitrogens with one attached hydrogen (secondary N) is 1. The number of pyridine rings is 1. The topological polar surface area (TPSA) is 44.8 Å². The van der Waals surface area contributed by atoms with Gasteiger partial charge in [-0.3, -0.25) is 0 Å². The minimum absolute atomic E-state index is 0.354. The van der Waals surface area contributed by atoms with Gasteiger partial charge in [0.05, 0.1) is 5.52 Å². The predicted octanol–water partition coefficient (Wildman–Crippen LogP) is 2.97. The molecule has 3 rings (SSSR count). The number of aromatic nitrogens is 3. The van der Waals surface area contributed by atoms with Gasteiger partial charge in [-0.15, -0.1) is 0 Å². The van der Waals surface area contributed by atoms with Crippen molar-refractivity contribution in [2.75, 3.05) is 19.0 Å². The zero-order chi connectivity index (χ0) is 14.3. The number of anilines is 1. The van der Waals surface area contributed by atoms with E-state index < -0.39 is 11.6 Å². The molecule has 2 heterocycles. The van der Waals surface area contributed by atoms with Gasteiger partial charge in [0.1, 0.15) is 23.3 Å². The summed E-state index contributed by atoms with van der Waals surface area (Å²) in [6, 6.07) is 6.97. The number of imidazole rings is 1. The van der Waals surface area contributed by atoms with E-state index >= 15 is 0 Å². The molecule has 0 unspecified atom stereocenters. The molecule has 6 heteroatoms. The van der Waals surface area contributed by atoms with Crippen molar-refractivity contribution >= 4 is 17.0 Å². The van der Waals surface area contributed by atoms with Crippen LogP contribution in [0, 0.1) is 11.6 Å². The van der Waals surface area contributed by atoms with Crippen LogP contribution in [-0.2, 0) is 0 Å². The number of halogens is 2. The molecule has 3 aromatic rings. The van der Waals surface area contributed by atoms with Crippen LogP contribution in [0.4, 0.5) is 14.6 Å². The molecule has 0 saturated heterocycles. The Labute approximate surface area is 114 Å². The molecule has 0 fully saturated rings. The minimum atomic E-state index is -0.637. The number of rotatable bonds is 2. The van der Waals surface area contributed by atoms with Gasteiger partial charge in [0.2, 0.25) is 0 Å². The molecule has 1 N–H and O–H groups in total. The Balaban J connectivity index is 2.12. The van der Waals surface area contributed by atoms with Gasteiger partial charge in [0, 0.05) is 25.7 Å². The highest BCUT2D eigenvalue weighted by molar-refractivity contribution is 5.77. The van der Waals surface area contributed by atoms with Gasteiger partial charge in [0.15, 0.2) is 5.65 Å². The lowest BCUT2D eigenvalue weighted by Gasteiger charge is -2.09. The fraction of sp³-hybridized carbons (Fsp3) is 0.143. The highest BCUT2D eigenvalue weighted by Crippen LogP contribution is 2.22. The van der Waals surface area contributed by atoms with E-state index in [-0.39, 0.29) is 0 Å². The van der Waals surface area contributed by atoms with E-state index in [2.05, 4.69) is 15.0 Å². The van der Waals surface area contributed by atoms with Crippen molar-refractivity contribution in [3.63, 3.8) is 0 Å². The van der Waals surface area contributed by atoms with Crippen molar-refractivity contribution < 1.29 is 8.78 Å². The Kier molecular flexibility index (Phi) is 2.85. The number of fused-ring (bicyclic) bond motifs is 1. The first-order chi connectivity index (χ1) is 9.52. The fourth-order valence-electron chi connectivity index (χ4n) is 1.96. The highest BCUT2D eigenvalue weighted by Gasteiger charge is 2.10. The van der Waals surface area contributed by atoms with Crippen molar-refractivity contribution in [3.8, 4) is 11.4 Å². The summed E-state index contributed by atoms with van der Waals surface area (Å²) in [7, 11) is 3.76. The molecule has 0 amide bonds. The van der Waals surface area contributed by atoms with Crippen LogP contribution in [0.5, 0.6) is 0 Å². The predicted molar refractivity (Wildman–Crippen MR) is 73.6 cm³/mol. The number of aromatic amines is 1. The second-order valence-corrected chi connectivity index (χ2v) is 4.68. The summed E-state index contributed by atoms with van der Waals surface area (Å²) < 4.78 is 26.5. The van der Waals surface area contributed by atoms with Crippen molar-refractivity contribution in [2.45, 2.75) is 0 Å². The van der Waals surface area contributed by atoms with E-state index in [0.717, 1.165) is 17.4 Å². The average molecular weight is 274 g/mol. The van der Waals surface area contributed by atoms with Crippen molar-refractivity contribution in [3.05, 3.63) is 42.0 Å². The van der Waals surface area contributed by atoms with Crippen LogP contribution in [0.1, 0.15) is 0 Å². The molecule has 0 atom stereocenters. The van der Waals surface area contributed by atoms with Gasteiger partial charge in [-0.05, 0) is 24.3 Å². The van der Waals surface area contributed by atoms with Crippen LogP contribution in [0.25, 0.3) is 22.6 Å². The second kappa shape index (κ2) is 4.56. The summed E-state index contributed by atoms with van der Waals surface area (Å²) in [5, 5.41) is 0. The molecule has 0 aliphatic carbocycles. The second-order valence-electron chi connectivity index (χ2n) is 4.68. The number of hydrogen-bond acceptors (Lipinski definition) is 3. The van der Waals surface area contributed by atoms with Crippen LogP contribution in [0.15, 0.2) is 30.3 Å².